The molecule has 0 saturated heterocycles. The highest BCUT2D eigenvalue weighted by atomic mass is 16.6. The van der Waals surface area contributed by atoms with E-state index in [9.17, 15) is 14.9 Å². The third-order valence-corrected chi connectivity index (χ3v) is 2.84. The smallest absolute Gasteiger partial charge is 0.275 e. The summed E-state index contributed by atoms with van der Waals surface area (Å²) in [6.07, 6.45) is 1.70. The van der Waals surface area contributed by atoms with Crippen molar-refractivity contribution >= 4 is 11.6 Å². The maximum absolute atomic E-state index is 11.1. The molecule has 1 heterocycles. The fourth-order valence-corrected chi connectivity index (χ4v) is 1.87. The highest BCUT2D eigenvalue weighted by molar-refractivity contribution is 5.93. The standard InChI is InChI=1S/C12H14N6O3/c1-14-5-10-7-17(16-15-10)6-9-3-2-8(12(13)19)4-11(9)18(20)21/h2-4,7,14H,5-6H2,1H3,(H2,13,19). The van der Waals surface area contributed by atoms with Gasteiger partial charge in [-0.05, 0) is 19.2 Å². The predicted octanol–water partition coefficient (Wildman–Crippen LogP) is 0.0529. The molecule has 0 saturated carbocycles. The third-order valence-electron chi connectivity index (χ3n) is 2.84. The van der Waals surface area contributed by atoms with Gasteiger partial charge >= 0.3 is 0 Å². The lowest BCUT2D eigenvalue weighted by Gasteiger charge is -2.04. The third kappa shape index (κ3) is 3.39. The highest BCUT2D eigenvalue weighted by Crippen LogP contribution is 2.21. The molecular formula is C12H14N6O3. The van der Waals surface area contributed by atoms with Crippen LogP contribution in [-0.2, 0) is 13.1 Å². The first-order valence-corrected chi connectivity index (χ1v) is 6.12. The van der Waals surface area contributed by atoms with E-state index in [-0.39, 0.29) is 17.8 Å². The molecule has 21 heavy (non-hydrogen) atoms. The van der Waals surface area contributed by atoms with Crippen LogP contribution in [0.5, 0.6) is 0 Å². The van der Waals surface area contributed by atoms with Crippen LogP contribution in [0, 0.1) is 10.1 Å². The number of aromatic nitrogens is 3. The van der Waals surface area contributed by atoms with Gasteiger partial charge in [-0.1, -0.05) is 5.21 Å². The first-order chi connectivity index (χ1) is 10.0. The van der Waals surface area contributed by atoms with Crippen LogP contribution >= 0.6 is 0 Å². The van der Waals surface area contributed by atoms with Crippen molar-refractivity contribution in [2.24, 2.45) is 5.73 Å². The quantitative estimate of drug-likeness (QED) is 0.571. The number of primary amides is 1. The topological polar surface area (TPSA) is 129 Å². The van der Waals surface area contributed by atoms with E-state index < -0.39 is 10.8 Å². The molecule has 1 aromatic carbocycles. The summed E-state index contributed by atoms with van der Waals surface area (Å²) in [5.74, 6) is -0.707. The lowest BCUT2D eigenvalue weighted by atomic mass is 10.1. The molecule has 3 N–H and O–H groups in total. The molecule has 0 unspecified atom stereocenters. The number of nitrogens with zero attached hydrogens (tertiary/aromatic N) is 4. The molecule has 0 radical (unpaired) electrons. The summed E-state index contributed by atoms with van der Waals surface area (Å²) in [5, 5.41) is 21.9. The van der Waals surface area contributed by atoms with Gasteiger partial charge in [0.15, 0.2) is 0 Å². The Morgan fingerprint density at radius 2 is 2.29 bits per heavy atom. The number of hydrogen-bond acceptors (Lipinski definition) is 6. The number of amides is 1. The maximum Gasteiger partial charge on any atom is 0.275 e. The van der Waals surface area contributed by atoms with E-state index in [1.54, 1.807) is 13.2 Å². The number of carbonyl (C=O) groups excluding carboxylic acids is 1. The highest BCUT2D eigenvalue weighted by Gasteiger charge is 2.17. The van der Waals surface area contributed by atoms with Crippen molar-refractivity contribution in [1.82, 2.24) is 20.3 Å². The van der Waals surface area contributed by atoms with E-state index in [2.05, 4.69) is 15.6 Å². The SMILES string of the molecule is CNCc1cn(Cc2ccc(C(N)=O)cc2[N+](=O)[O-])nn1. The minimum absolute atomic E-state index is 0.0971. The molecule has 0 bridgehead atoms. The molecule has 0 spiro atoms. The number of rotatable bonds is 6. The Morgan fingerprint density at radius 1 is 1.52 bits per heavy atom. The molecule has 9 heteroatoms. The Kier molecular flexibility index (Phi) is 4.24. The number of nitro groups is 1. The average molecular weight is 290 g/mol. The molecule has 0 aliphatic heterocycles. The van der Waals surface area contributed by atoms with Crippen molar-refractivity contribution in [1.29, 1.82) is 0 Å². The first-order valence-electron chi connectivity index (χ1n) is 6.12. The predicted molar refractivity (Wildman–Crippen MR) is 73.5 cm³/mol. The lowest BCUT2D eigenvalue weighted by molar-refractivity contribution is -0.385. The number of benzene rings is 1. The summed E-state index contributed by atoms with van der Waals surface area (Å²) >= 11 is 0. The minimum Gasteiger partial charge on any atom is -0.366 e. The molecule has 2 rings (SSSR count). The summed E-state index contributed by atoms with van der Waals surface area (Å²) in [6.45, 7) is 0.745. The Morgan fingerprint density at radius 3 is 2.90 bits per heavy atom. The van der Waals surface area contributed by atoms with E-state index >= 15 is 0 Å². The summed E-state index contributed by atoms with van der Waals surface area (Å²) in [6, 6.07) is 4.12. The number of carbonyl (C=O) groups is 1. The van der Waals surface area contributed by atoms with Gasteiger partial charge < -0.3 is 11.1 Å². The minimum atomic E-state index is -0.707. The van der Waals surface area contributed by atoms with Crippen molar-refractivity contribution in [2.45, 2.75) is 13.1 Å². The number of nitrogens with one attached hydrogen (secondary N) is 1. The molecule has 0 atom stereocenters. The molecule has 0 fully saturated rings. The van der Waals surface area contributed by atoms with Crippen LogP contribution in [-0.4, -0.2) is 32.9 Å². The van der Waals surface area contributed by atoms with Gasteiger partial charge in [0, 0.05) is 18.2 Å². The van der Waals surface area contributed by atoms with Crippen LogP contribution in [0.2, 0.25) is 0 Å². The zero-order valence-electron chi connectivity index (χ0n) is 11.3. The van der Waals surface area contributed by atoms with Gasteiger partial charge in [0.1, 0.15) is 0 Å². The van der Waals surface area contributed by atoms with Crippen molar-refractivity contribution < 1.29 is 9.72 Å². The van der Waals surface area contributed by atoms with Crippen molar-refractivity contribution in [3.05, 3.63) is 51.3 Å². The monoisotopic (exact) mass is 290 g/mol. The van der Waals surface area contributed by atoms with Crippen LogP contribution in [0.4, 0.5) is 5.69 Å². The summed E-state index contributed by atoms with van der Waals surface area (Å²) in [7, 11) is 1.78. The Bertz CT molecular complexity index is 681. The molecule has 0 aliphatic rings. The molecule has 110 valence electrons. The number of nitro benzene ring substituents is 1. The zero-order valence-corrected chi connectivity index (χ0v) is 11.3. The second-order valence-electron chi connectivity index (χ2n) is 4.40. The fourth-order valence-electron chi connectivity index (χ4n) is 1.87. The lowest BCUT2D eigenvalue weighted by Crippen LogP contribution is -2.12. The Balaban J connectivity index is 2.29. The average Bonchev–Trinajstić information content (AvgIpc) is 2.86. The van der Waals surface area contributed by atoms with Gasteiger partial charge in [-0.3, -0.25) is 14.9 Å². The summed E-state index contributed by atoms with van der Waals surface area (Å²) in [5.41, 5.74) is 6.21. The maximum atomic E-state index is 11.1. The molecule has 9 nitrogen and oxygen atoms in total. The van der Waals surface area contributed by atoms with Crippen molar-refractivity contribution in [2.75, 3.05) is 7.05 Å². The summed E-state index contributed by atoms with van der Waals surface area (Å²) < 4.78 is 1.50. The van der Waals surface area contributed by atoms with Gasteiger partial charge in [-0.15, -0.1) is 5.10 Å². The van der Waals surface area contributed by atoms with Crippen LogP contribution in [0.15, 0.2) is 24.4 Å². The zero-order chi connectivity index (χ0) is 15.4. The van der Waals surface area contributed by atoms with E-state index in [1.165, 1.54) is 22.9 Å². The van der Waals surface area contributed by atoms with Gasteiger partial charge in [-0.2, -0.15) is 0 Å². The second-order valence-corrected chi connectivity index (χ2v) is 4.40. The van der Waals surface area contributed by atoms with Crippen LogP contribution in [0.1, 0.15) is 21.6 Å². The first kappa shape index (κ1) is 14.6. The van der Waals surface area contributed by atoms with Crippen molar-refractivity contribution in [3.63, 3.8) is 0 Å². The second kappa shape index (κ2) is 6.09. The molecule has 0 aliphatic carbocycles. The van der Waals surface area contributed by atoms with Gasteiger partial charge in [0.2, 0.25) is 5.91 Å². The molecule has 1 amide bonds. The number of nitrogens with two attached hydrogens (primary N) is 1. The van der Waals surface area contributed by atoms with Crippen LogP contribution in [0.25, 0.3) is 0 Å². The number of hydrogen-bond donors (Lipinski definition) is 2. The molecular weight excluding hydrogens is 276 g/mol. The van der Waals surface area contributed by atoms with E-state index in [0.29, 0.717) is 12.1 Å². The normalized spacial score (nSPS) is 10.5. The van der Waals surface area contributed by atoms with E-state index in [0.717, 1.165) is 5.69 Å². The summed E-state index contributed by atoms with van der Waals surface area (Å²) in [4.78, 5) is 21.6. The Hall–Kier alpha value is -2.81. The van der Waals surface area contributed by atoms with Crippen molar-refractivity contribution in [3.8, 4) is 0 Å². The van der Waals surface area contributed by atoms with Gasteiger partial charge in [-0.25, -0.2) is 4.68 Å². The largest absolute Gasteiger partial charge is 0.366 e. The fraction of sp³-hybridized carbons (Fsp3) is 0.250. The van der Waals surface area contributed by atoms with Gasteiger partial charge in [0.05, 0.1) is 28.9 Å². The van der Waals surface area contributed by atoms with E-state index in [1.807, 2.05) is 0 Å². The molecule has 1 aromatic heterocycles. The van der Waals surface area contributed by atoms with Gasteiger partial charge in [0.25, 0.3) is 5.69 Å². The Labute approximate surface area is 119 Å². The van der Waals surface area contributed by atoms with E-state index in [4.69, 9.17) is 5.73 Å². The molecule has 2 aromatic rings. The van der Waals surface area contributed by atoms with Crippen LogP contribution < -0.4 is 11.1 Å². The van der Waals surface area contributed by atoms with Crippen LogP contribution in [0.3, 0.4) is 0 Å².